The number of thiazole rings is 1. The molecule has 85 heavy (non-hydrogen) atoms. The van der Waals surface area contributed by atoms with Gasteiger partial charge < -0.3 is 39.8 Å². The summed E-state index contributed by atoms with van der Waals surface area (Å²) in [6.07, 6.45) is 3.47. The summed E-state index contributed by atoms with van der Waals surface area (Å²) in [6.45, 7) is 19.7. The number of nitrogens with zero attached hydrogens (tertiary/aromatic N) is 3. The second-order valence-electron chi connectivity index (χ2n) is 23.4. The van der Waals surface area contributed by atoms with Gasteiger partial charge >= 0.3 is 5.97 Å². The number of unbranched alkanes of at least 4 members (excludes halogenated alkanes) is 1. The summed E-state index contributed by atoms with van der Waals surface area (Å²) in [6, 6.07) is 14.0. The van der Waals surface area contributed by atoms with E-state index < -0.39 is 59.5 Å². The molecular weight excluding hydrogens is 1120 g/mol. The van der Waals surface area contributed by atoms with Crippen LogP contribution in [0.25, 0.3) is 0 Å². The smallest absolute Gasteiger partial charge is 0.303 e. The van der Waals surface area contributed by atoms with Crippen molar-refractivity contribution in [3.05, 3.63) is 81.3 Å². The predicted octanol–water partition coefficient (Wildman–Crippen LogP) is 9.18. The van der Waals surface area contributed by atoms with Crippen molar-refractivity contribution >= 4 is 82.2 Å². The van der Waals surface area contributed by atoms with Gasteiger partial charge in [-0.3, -0.25) is 48.1 Å². The Hall–Kier alpha value is -5.87. The average Bonchev–Trinajstić information content (AvgIpc) is 4.18. The summed E-state index contributed by atoms with van der Waals surface area (Å²) in [5.74, 6) is -4.44. The van der Waals surface area contributed by atoms with Crippen LogP contribution in [0.5, 0.6) is 0 Å². The first-order valence-corrected chi connectivity index (χ1v) is 31.9. The fraction of sp³-hybridized carbons (Fsp3) is 0.625. The van der Waals surface area contributed by atoms with Gasteiger partial charge in [-0.2, -0.15) is 11.8 Å². The van der Waals surface area contributed by atoms with Crippen molar-refractivity contribution in [2.45, 2.75) is 170 Å². The van der Waals surface area contributed by atoms with Gasteiger partial charge in [0.25, 0.3) is 12.4 Å². The molecule has 0 aliphatic carbocycles. The third-order valence-corrected chi connectivity index (χ3v) is 17.2. The van der Waals surface area contributed by atoms with Crippen LogP contribution in [-0.2, 0) is 70.3 Å². The zero-order valence-electron chi connectivity index (χ0n) is 52.7. The second-order valence-corrected chi connectivity index (χ2v) is 25.2. The van der Waals surface area contributed by atoms with E-state index in [9.17, 15) is 38.4 Å². The lowest BCUT2D eigenvalue weighted by Gasteiger charge is -2.40. The molecule has 4 amide bonds. The Morgan fingerprint density at radius 3 is 2.14 bits per heavy atom. The van der Waals surface area contributed by atoms with E-state index in [-0.39, 0.29) is 97.2 Å². The lowest BCUT2D eigenvalue weighted by Crippen LogP contribution is -2.50. The van der Waals surface area contributed by atoms with Crippen LogP contribution in [0.3, 0.4) is 0 Å². The average molecular weight is 1220 g/mol. The number of ether oxygens (including phenoxy) is 4. The van der Waals surface area contributed by atoms with E-state index in [4.69, 9.17) is 23.9 Å². The standard InChI is InChI=1S/C64H96N6O13S2/c1-15-43(5)53(34-58(75)64(9,10)69(11)12)63(79)70(55(41(2)3)35-57(83-46(8)72)62-68-54(39-85-62)61(78)67-51(31-45(7)82-40-71)32-47-21-19-42(4)20-22-47)36-48-23-25-50(26-24-48)66-60(77)44(6)30-56(74)49(33-52(73)38-84-14)18-16-17-27-65-59(76)37-81-29-28-80-13/h19-26,39-41,43-45,49,51,53,55,57H,15-18,27-38H2,1-14H3,(H,65,76)(H,66,77)(H,67,78)/t43?,44?,45?,49?,51-,53+,55-,57-/m1/s1. The van der Waals surface area contributed by atoms with Gasteiger partial charge in [0, 0.05) is 100 Å². The molecule has 0 aliphatic rings. The highest BCUT2D eigenvalue weighted by Crippen LogP contribution is 2.35. The van der Waals surface area contributed by atoms with Crippen LogP contribution in [0.15, 0.2) is 53.9 Å². The molecule has 1 heterocycles. The molecule has 0 bridgehead atoms. The molecule has 0 aliphatic heterocycles. The van der Waals surface area contributed by atoms with E-state index in [1.165, 1.54) is 18.7 Å². The number of aryl methyl sites for hydroxylation is 1. The lowest BCUT2D eigenvalue weighted by atomic mass is 9.81. The Bertz CT molecular complexity index is 2610. The van der Waals surface area contributed by atoms with Gasteiger partial charge in [-0.15, -0.1) is 11.3 Å². The summed E-state index contributed by atoms with van der Waals surface area (Å²) in [5, 5.41) is 10.8. The summed E-state index contributed by atoms with van der Waals surface area (Å²) in [7, 11) is 5.21. The van der Waals surface area contributed by atoms with Crippen LogP contribution in [0, 0.1) is 36.5 Å². The molecule has 21 heteroatoms. The van der Waals surface area contributed by atoms with E-state index >= 15 is 4.79 Å². The highest BCUT2D eigenvalue weighted by Gasteiger charge is 2.40. The van der Waals surface area contributed by atoms with Crippen LogP contribution in [0.4, 0.5) is 5.69 Å². The highest BCUT2D eigenvalue weighted by molar-refractivity contribution is 7.99. The number of nitrogens with one attached hydrogen (secondary N) is 3. The highest BCUT2D eigenvalue weighted by atomic mass is 32.2. The third kappa shape index (κ3) is 25.5. The van der Waals surface area contributed by atoms with E-state index in [0.717, 1.165) is 22.5 Å². The monoisotopic (exact) mass is 1220 g/mol. The number of amides is 4. The first-order valence-electron chi connectivity index (χ1n) is 29.6. The minimum atomic E-state index is -0.985. The molecule has 3 aromatic rings. The Morgan fingerprint density at radius 2 is 1.54 bits per heavy atom. The predicted molar refractivity (Wildman–Crippen MR) is 333 cm³/mol. The van der Waals surface area contributed by atoms with Crippen LogP contribution in [0.1, 0.15) is 158 Å². The van der Waals surface area contributed by atoms with Crippen molar-refractivity contribution in [2.24, 2.45) is 29.6 Å². The summed E-state index contributed by atoms with van der Waals surface area (Å²) in [4.78, 5) is 129. The third-order valence-electron chi connectivity index (χ3n) is 15.7. The van der Waals surface area contributed by atoms with Gasteiger partial charge in [0.1, 0.15) is 35.0 Å². The normalized spacial score (nSPS) is 14.4. The number of Topliss-reactive ketones (excluding diaryl/α,β-unsaturated/α-hetero) is 3. The molecule has 0 spiro atoms. The number of hydrogen-bond donors (Lipinski definition) is 3. The largest absolute Gasteiger partial charge is 0.465 e. The fourth-order valence-electron chi connectivity index (χ4n) is 9.71. The van der Waals surface area contributed by atoms with E-state index in [1.807, 2.05) is 98.0 Å². The summed E-state index contributed by atoms with van der Waals surface area (Å²) < 4.78 is 21.4. The van der Waals surface area contributed by atoms with Crippen LogP contribution >= 0.6 is 23.1 Å². The second kappa shape index (κ2) is 37.6. The van der Waals surface area contributed by atoms with Crippen molar-refractivity contribution in [3.8, 4) is 0 Å². The quantitative estimate of drug-likeness (QED) is 0.0272. The Balaban J connectivity index is 1.94. The summed E-state index contributed by atoms with van der Waals surface area (Å²) in [5.41, 5.74) is 2.47. The van der Waals surface area contributed by atoms with Crippen LogP contribution < -0.4 is 16.0 Å². The number of thioether (sulfide) groups is 1. The number of benzene rings is 2. The number of methoxy groups -OCH3 is 1. The number of rotatable bonds is 42. The minimum absolute atomic E-state index is 0.0176. The first-order chi connectivity index (χ1) is 40.2. The maximum Gasteiger partial charge on any atom is 0.303 e. The van der Waals surface area contributed by atoms with Crippen molar-refractivity contribution in [1.29, 1.82) is 0 Å². The number of carbonyl (C=O) groups excluding carboxylic acids is 9. The molecule has 1 aromatic heterocycles. The van der Waals surface area contributed by atoms with Gasteiger partial charge in [0.2, 0.25) is 17.7 Å². The molecule has 0 saturated heterocycles. The SMILES string of the molecule is CCC(C)[C@H](CC(=O)C(C)(C)N(C)C)C(=O)N(Cc1ccc(NC(=O)C(C)CC(=O)C(CCCCNC(=O)COCCOC)CC(=O)CSC)cc1)[C@H](C[C@@H](OC(C)=O)c1nc(C(=O)N[C@@H](Cc2ccc(C)cc2)CC(C)OC=O)cs1)C(C)C. The van der Waals surface area contributed by atoms with E-state index in [1.54, 1.807) is 55.5 Å². The molecule has 3 N–H and O–H groups in total. The maximum absolute atomic E-state index is 15.5. The van der Waals surface area contributed by atoms with Crippen molar-refractivity contribution in [1.82, 2.24) is 25.4 Å². The first kappa shape index (κ1) is 73.4. The number of carbonyl (C=O) groups is 9. The number of likely N-dealkylation sites (N-methyl/N-ethyl adjacent to an activating group) is 1. The Labute approximate surface area is 512 Å². The van der Waals surface area contributed by atoms with Crippen molar-refractivity contribution in [3.63, 3.8) is 0 Å². The number of anilines is 1. The van der Waals surface area contributed by atoms with E-state index in [2.05, 4.69) is 16.0 Å². The molecule has 2 aromatic carbocycles. The van der Waals surface area contributed by atoms with Gasteiger partial charge in [-0.1, -0.05) is 89.4 Å². The molecule has 19 nitrogen and oxygen atoms in total. The molecule has 0 radical (unpaired) electrons. The molecule has 4 unspecified atom stereocenters. The van der Waals surface area contributed by atoms with Gasteiger partial charge in [0.05, 0.1) is 24.5 Å². The molecule has 0 fully saturated rings. The number of aromatic nitrogens is 1. The van der Waals surface area contributed by atoms with Crippen molar-refractivity contribution in [2.75, 3.05) is 64.9 Å². The maximum atomic E-state index is 15.5. The Kier molecular flexibility index (Phi) is 32.5. The fourth-order valence-corrected chi connectivity index (χ4v) is 11.0. The van der Waals surface area contributed by atoms with Gasteiger partial charge in [-0.25, -0.2) is 4.98 Å². The summed E-state index contributed by atoms with van der Waals surface area (Å²) >= 11 is 2.54. The number of esters is 1. The molecular formula is C64H96N6O13S2. The van der Waals surface area contributed by atoms with Crippen LogP contribution in [-0.4, -0.2) is 152 Å². The molecule has 8 atom stereocenters. The van der Waals surface area contributed by atoms with E-state index in [0.29, 0.717) is 81.0 Å². The topological polar surface area (TPSA) is 246 Å². The number of ketones is 3. The number of hydrogen-bond acceptors (Lipinski definition) is 17. The minimum Gasteiger partial charge on any atom is -0.465 e. The van der Waals surface area contributed by atoms with Crippen molar-refractivity contribution < 1.29 is 62.1 Å². The Morgan fingerprint density at radius 1 is 0.871 bits per heavy atom. The molecule has 472 valence electrons. The van der Waals surface area contributed by atoms with Crippen LogP contribution in [0.2, 0.25) is 0 Å². The zero-order valence-corrected chi connectivity index (χ0v) is 54.4. The molecule has 0 saturated carbocycles. The zero-order chi connectivity index (χ0) is 63.4. The molecule has 3 rings (SSSR count). The van der Waals surface area contributed by atoms with Gasteiger partial charge in [-0.05, 0) is 102 Å². The van der Waals surface area contributed by atoms with Gasteiger partial charge in [0.15, 0.2) is 11.9 Å². The lowest BCUT2D eigenvalue weighted by molar-refractivity contribution is -0.151.